The molecule has 2 nitrogen and oxygen atoms in total. The lowest BCUT2D eigenvalue weighted by Gasteiger charge is -2.28. The minimum absolute atomic E-state index is 0.0575. The third-order valence-corrected chi connectivity index (χ3v) is 4.21. The summed E-state index contributed by atoms with van der Waals surface area (Å²) in [5.74, 6) is 2.26. The molecule has 0 radical (unpaired) electrons. The molecule has 0 amide bonds. The Hall–Kier alpha value is 0.270. The topological polar surface area (TPSA) is 32.3 Å². The van der Waals surface area contributed by atoms with Gasteiger partial charge in [0.05, 0.1) is 6.61 Å². The largest absolute Gasteiger partial charge is 0.394 e. The zero-order valence-corrected chi connectivity index (χ0v) is 10.9. The summed E-state index contributed by atoms with van der Waals surface area (Å²) in [5.41, 5.74) is -0.0575. The van der Waals surface area contributed by atoms with Gasteiger partial charge in [-0.3, -0.25) is 0 Å². The Bertz CT molecular complexity index is 173. The minimum atomic E-state index is -0.0575. The van der Waals surface area contributed by atoms with Gasteiger partial charge < -0.3 is 10.4 Å². The van der Waals surface area contributed by atoms with Crippen molar-refractivity contribution in [2.24, 2.45) is 0 Å². The Morgan fingerprint density at radius 3 is 2.67 bits per heavy atom. The number of aliphatic hydroxyl groups is 1. The normalized spacial score (nSPS) is 20.2. The van der Waals surface area contributed by atoms with Crippen molar-refractivity contribution in [3.8, 4) is 0 Å². The molecule has 0 aromatic carbocycles. The second-order valence-electron chi connectivity index (χ2n) is 4.90. The molecule has 0 bridgehead atoms. The molecule has 3 heteroatoms. The summed E-state index contributed by atoms with van der Waals surface area (Å²) >= 11 is 1.97. The van der Waals surface area contributed by atoms with E-state index in [4.69, 9.17) is 0 Å². The fourth-order valence-corrected chi connectivity index (χ4v) is 2.78. The fourth-order valence-electron chi connectivity index (χ4n) is 1.60. The van der Waals surface area contributed by atoms with Crippen molar-refractivity contribution in [3.63, 3.8) is 0 Å². The number of hydrogen-bond donors (Lipinski definition) is 2. The first-order chi connectivity index (χ1) is 7.20. The molecule has 1 aliphatic carbocycles. The second kappa shape index (κ2) is 6.77. The predicted octanol–water partition coefficient (Wildman–Crippen LogP) is 2.41. The van der Waals surface area contributed by atoms with E-state index in [0.717, 1.165) is 5.75 Å². The number of aliphatic hydroxyl groups excluding tert-OH is 1. The quantitative estimate of drug-likeness (QED) is 0.598. The summed E-state index contributed by atoms with van der Waals surface area (Å²) in [5, 5.41) is 12.9. The van der Waals surface area contributed by atoms with Crippen molar-refractivity contribution >= 4 is 11.8 Å². The molecule has 0 aromatic heterocycles. The molecule has 15 heavy (non-hydrogen) atoms. The minimum Gasteiger partial charge on any atom is -0.394 e. The first-order valence-electron chi connectivity index (χ1n) is 6.16. The highest BCUT2D eigenvalue weighted by Crippen LogP contribution is 2.24. The first kappa shape index (κ1) is 13.3. The van der Waals surface area contributed by atoms with Crippen LogP contribution in [0.3, 0.4) is 0 Å². The van der Waals surface area contributed by atoms with Gasteiger partial charge in [0.1, 0.15) is 0 Å². The second-order valence-corrected chi connectivity index (χ2v) is 6.00. The molecule has 0 spiro atoms. The lowest BCUT2D eigenvalue weighted by atomic mass is 10.1. The van der Waals surface area contributed by atoms with Crippen LogP contribution in [0, 0.1) is 0 Å². The molecule has 0 heterocycles. The molecule has 1 aliphatic rings. The van der Waals surface area contributed by atoms with Crippen LogP contribution in [0.5, 0.6) is 0 Å². The van der Waals surface area contributed by atoms with Crippen molar-refractivity contribution in [2.45, 2.75) is 57.5 Å². The van der Waals surface area contributed by atoms with E-state index in [1.807, 2.05) is 11.8 Å². The van der Waals surface area contributed by atoms with E-state index in [1.165, 1.54) is 37.9 Å². The van der Waals surface area contributed by atoms with Gasteiger partial charge in [-0.25, -0.2) is 0 Å². The monoisotopic (exact) mass is 231 g/mol. The summed E-state index contributed by atoms with van der Waals surface area (Å²) in [7, 11) is 0. The molecule has 1 fully saturated rings. The van der Waals surface area contributed by atoms with E-state index in [2.05, 4.69) is 19.2 Å². The third kappa shape index (κ3) is 5.79. The highest BCUT2D eigenvalue weighted by molar-refractivity contribution is 7.99. The van der Waals surface area contributed by atoms with Gasteiger partial charge in [0, 0.05) is 17.3 Å². The highest BCUT2D eigenvalue weighted by atomic mass is 32.2. The smallest absolute Gasteiger partial charge is 0.0618 e. The predicted molar refractivity (Wildman–Crippen MR) is 68.5 cm³/mol. The van der Waals surface area contributed by atoms with E-state index < -0.39 is 0 Å². The van der Waals surface area contributed by atoms with Gasteiger partial charge in [-0.05, 0) is 31.9 Å². The number of hydrogen-bond acceptors (Lipinski definition) is 3. The SMILES string of the molecule is CCCCCSCC(C)(CO)NC1CC1. The maximum atomic E-state index is 9.39. The molecule has 0 aromatic rings. The maximum Gasteiger partial charge on any atom is 0.0618 e. The maximum absolute atomic E-state index is 9.39. The summed E-state index contributed by atoms with van der Waals surface area (Å²) in [6.07, 6.45) is 6.51. The van der Waals surface area contributed by atoms with Gasteiger partial charge in [-0.15, -0.1) is 0 Å². The van der Waals surface area contributed by atoms with Gasteiger partial charge in [0.2, 0.25) is 0 Å². The van der Waals surface area contributed by atoms with E-state index in [0.29, 0.717) is 6.04 Å². The molecule has 1 saturated carbocycles. The lowest BCUT2D eigenvalue weighted by molar-refractivity contribution is 0.190. The van der Waals surface area contributed by atoms with Gasteiger partial charge in [-0.1, -0.05) is 19.8 Å². The van der Waals surface area contributed by atoms with Crippen LogP contribution >= 0.6 is 11.8 Å². The van der Waals surface area contributed by atoms with Crippen LogP contribution in [0.1, 0.15) is 46.0 Å². The van der Waals surface area contributed by atoms with Crippen LogP contribution in [0.4, 0.5) is 0 Å². The summed E-state index contributed by atoms with van der Waals surface area (Å²) < 4.78 is 0. The van der Waals surface area contributed by atoms with Crippen molar-refractivity contribution in [3.05, 3.63) is 0 Å². The van der Waals surface area contributed by atoms with Crippen molar-refractivity contribution in [1.29, 1.82) is 0 Å². The Balaban J connectivity index is 2.08. The molecular weight excluding hydrogens is 206 g/mol. The molecule has 90 valence electrons. The van der Waals surface area contributed by atoms with Crippen LogP contribution in [-0.4, -0.2) is 34.8 Å². The van der Waals surface area contributed by atoms with E-state index >= 15 is 0 Å². The van der Waals surface area contributed by atoms with Crippen LogP contribution in [0.15, 0.2) is 0 Å². The van der Waals surface area contributed by atoms with Crippen LogP contribution in [0.2, 0.25) is 0 Å². The number of unbranched alkanes of at least 4 members (excludes halogenated alkanes) is 2. The first-order valence-corrected chi connectivity index (χ1v) is 7.32. The number of rotatable bonds is 9. The van der Waals surface area contributed by atoms with Gasteiger partial charge >= 0.3 is 0 Å². The summed E-state index contributed by atoms with van der Waals surface area (Å²) in [6, 6.07) is 0.679. The standard InChI is InChI=1S/C12H25NOS/c1-3-4-5-8-15-10-12(2,9-14)13-11-6-7-11/h11,13-14H,3-10H2,1-2H3. The Labute approximate surface area is 98.2 Å². The highest BCUT2D eigenvalue weighted by Gasteiger charge is 2.31. The van der Waals surface area contributed by atoms with E-state index in [1.54, 1.807) is 0 Å². The van der Waals surface area contributed by atoms with Crippen LogP contribution in [0.25, 0.3) is 0 Å². The molecule has 1 unspecified atom stereocenters. The zero-order valence-electron chi connectivity index (χ0n) is 10.1. The zero-order chi connectivity index (χ0) is 11.1. The van der Waals surface area contributed by atoms with Crippen molar-refractivity contribution < 1.29 is 5.11 Å². The van der Waals surface area contributed by atoms with Crippen molar-refractivity contribution in [1.82, 2.24) is 5.32 Å². The molecule has 0 saturated heterocycles. The molecule has 1 atom stereocenters. The Kier molecular flexibility index (Phi) is 6.02. The van der Waals surface area contributed by atoms with Gasteiger partial charge in [0.15, 0.2) is 0 Å². The molecular formula is C12H25NOS. The van der Waals surface area contributed by atoms with E-state index in [-0.39, 0.29) is 12.1 Å². The molecule has 2 N–H and O–H groups in total. The third-order valence-electron chi connectivity index (χ3n) is 2.79. The number of nitrogens with one attached hydrogen (secondary N) is 1. The summed E-state index contributed by atoms with van der Waals surface area (Å²) in [6.45, 7) is 4.62. The average molecular weight is 231 g/mol. The molecule has 0 aliphatic heterocycles. The fraction of sp³-hybridized carbons (Fsp3) is 1.00. The van der Waals surface area contributed by atoms with Gasteiger partial charge in [-0.2, -0.15) is 11.8 Å². The van der Waals surface area contributed by atoms with Crippen LogP contribution in [-0.2, 0) is 0 Å². The van der Waals surface area contributed by atoms with Gasteiger partial charge in [0.25, 0.3) is 0 Å². The molecule has 1 rings (SSSR count). The Morgan fingerprint density at radius 2 is 2.13 bits per heavy atom. The van der Waals surface area contributed by atoms with E-state index in [9.17, 15) is 5.11 Å². The lowest BCUT2D eigenvalue weighted by Crippen LogP contribution is -2.49. The average Bonchev–Trinajstić information content (AvgIpc) is 3.01. The number of thioether (sulfide) groups is 1. The summed E-state index contributed by atoms with van der Waals surface area (Å²) in [4.78, 5) is 0. The van der Waals surface area contributed by atoms with Crippen LogP contribution < -0.4 is 5.32 Å². The Morgan fingerprint density at radius 1 is 1.40 bits per heavy atom. The van der Waals surface area contributed by atoms with Crippen molar-refractivity contribution in [2.75, 3.05) is 18.1 Å².